The molecule has 2 fully saturated rings. The van der Waals surface area contributed by atoms with Crippen LogP contribution in [-0.2, 0) is 4.79 Å². The summed E-state index contributed by atoms with van der Waals surface area (Å²) in [7, 11) is 1.71. The zero-order valence-electron chi connectivity index (χ0n) is 14.9. The number of amides is 1. The largest absolute Gasteiger partial charge is 0.341 e. The molecule has 0 aromatic carbocycles. The average molecular weight is 332 g/mol. The minimum Gasteiger partial charge on any atom is -0.341 e. The normalized spacial score (nSPS) is 32.0. The minimum atomic E-state index is -0.619. The van der Waals surface area contributed by atoms with Gasteiger partial charge in [0.25, 0.3) is 5.91 Å². The first-order valence-corrected chi connectivity index (χ1v) is 9.60. The van der Waals surface area contributed by atoms with Crippen molar-refractivity contribution in [2.45, 2.75) is 82.2 Å². The van der Waals surface area contributed by atoms with Gasteiger partial charge in [-0.25, -0.2) is 0 Å². The zero-order valence-corrected chi connectivity index (χ0v) is 14.9. The second kappa shape index (κ2) is 7.26. The maximum Gasteiger partial charge on any atom is 0.255 e. The van der Waals surface area contributed by atoms with Crippen molar-refractivity contribution in [3.8, 4) is 0 Å². The molecule has 0 aromatic heterocycles. The van der Waals surface area contributed by atoms with Gasteiger partial charge in [-0.05, 0) is 38.0 Å². The Morgan fingerprint density at radius 1 is 1.29 bits per heavy atom. The summed E-state index contributed by atoms with van der Waals surface area (Å²) in [5.41, 5.74) is 6.76. The van der Waals surface area contributed by atoms with Gasteiger partial charge in [-0.1, -0.05) is 43.8 Å². The molecule has 1 amide bonds. The van der Waals surface area contributed by atoms with Crippen molar-refractivity contribution >= 4 is 11.9 Å². The molecule has 1 aliphatic heterocycles. The Kier molecular flexibility index (Phi) is 5.28. The van der Waals surface area contributed by atoms with Gasteiger partial charge in [0.1, 0.15) is 5.54 Å². The van der Waals surface area contributed by atoms with E-state index in [2.05, 4.69) is 11.4 Å². The Balaban J connectivity index is 1.73. The number of carbonyl (C=O) groups excluding carboxylic acids is 1. The summed E-state index contributed by atoms with van der Waals surface area (Å²) in [4.78, 5) is 14.4. The average Bonchev–Trinajstić information content (AvgIpc) is 2.78. The van der Waals surface area contributed by atoms with Gasteiger partial charge in [0.15, 0.2) is 5.96 Å². The maximum absolute atomic E-state index is 12.9. The number of likely N-dealkylation sites (N-methyl/N-ethyl adjacent to an activating group) is 1. The molecule has 24 heavy (non-hydrogen) atoms. The van der Waals surface area contributed by atoms with Crippen LogP contribution in [0.4, 0.5) is 0 Å². The quantitative estimate of drug-likeness (QED) is 0.677. The lowest BCUT2D eigenvalue weighted by Gasteiger charge is -2.32. The molecule has 1 heterocycles. The predicted octanol–water partition coefficient (Wildman–Crippen LogP) is 2.91. The number of hydrogen-bond donors (Lipinski definition) is 3. The van der Waals surface area contributed by atoms with Crippen LogP contribution in [0, 0.1) is 11.3 Å². The summed E-state index contributed by atoms with van der Waals surface area (Å²) in [5, 5.41) is 11.3. The van der Waals surface area contributed by atoms with Crippen molar-refractivity contribution in [1.29, 1.82) is 5.41 Å². The number of carbonyl (C=O) groups is 1. The Labute approximate surface area is 145 Å². The van der Waals surface area contributed by atoms with Crippen LogP contribution in [0.5, 0.6) is 0 Å². The summed E-state index contributed by atoms with van der Waals surface area (Å²) in [6, 6.07) is 0.123. The van der Waals surface area contributed by atoms with E-state index in [-0.39, 0.29) is 17.9 Å². The van der Waals surface area contributed by atoms with Crippen LogP contribution in [0.3, 0.4) is 0 Å². The van der Waals surface area contributed by atoms with Crippen molar-refractivity contribution < 1.29 is 4.79 Å². The Hall–Kier alpha value is -1.36. The van der Waals surface area contributed by atoms with Crippen molar-refractivity contribution in [2.24, 2.45) is 11.7 Å². The molecule has 0 aromatic rings. The highest BCUT2D eigenvalue weighted by Crippen LogP contribution is 2.36. The van der Waals surface area contributed by atoms with E-state index in [1.54, 1.807) is 7.05 Å². The lowest BCUT2D eigenvalue weighted by atomic mass is 9.78. The Morgan fingerprint density at radius 3 is 2.67 bits per heavy atom. The molecule has 0 unspecified atom stereocenters. The molecule has 3 aliphatic rings. The third-order valence-corrected chi connectivity index (χ3v) is 6.13. The third-order valence-electron chi connectivity index (χ3n) is 6.13. The van der Waals surface area contributed by atoms with Crippen molar-refractivity contribution in [3.63, 3.8) is 0 Å². The van der Waals surface area contributed by atoms with Crippen molar-refractivity contribution in [3.05, 3.63) is 11.6 Å². The number of nitrogens with one attached hydrogen (secondary N) is 2. The van der Waals surface area contributed by atoms with Gasteiger partial charge in [0.05, 0.1) is 0 Å². The fourth-order valence-corrected chi connectivity index (χ4v) is 4.66. The highest BCUT2D eigenvalue weighted by atomic mass is 16.2. The minimum absolute atomic E-state index is 0.0587. The van der Waals surface area contributed by atoms with Crippen LogP contribution < -0.4 is 11.1 Å². The molecule has 2 atom stereocenters. The fourth-order valence-electron chi connectivity index (χ4n) is 4.66. The van der Waals surface area contributed by atoms with Gasteiger partial charge in [-0.3, -0.25) is 15.1 Å². The van der Waals surface area contributed by atoms with Crippen LogP contribution in [0.1, 0.15) is 70.6 Å². The monoisotopic (exact) mass is 332 g/mol. The molecule has 1 saturated heterocycles. The van der Waals surface area contributed by atoms with E-state index in [4.69, 9.17) is 11.1 Å². The van der Waals surface area contributed by atoms with E-state index in [9.17, 15) is 4.79 Å². The molecule has 0 spiro atoms. The van der Waals surface area contributed by atoms with E-state index in [1.165, 1.54) is 42.6 Å². The predicted molar refractivity (Wildman–Crippen MR) is 96.7 cm³/mol. The Bertz CT molecular complexity index is 523. The van der Waals surface area contributed by atoms with Crippen molar-refractivity contribution in [2.75, 3.05) is 7.05 Å². The topological polar surface area (TPSA) is 82.2 Å². The first-order valence-electron chi connectivity index (χ1n) is 9.60. The molecule has 5 nitrogen and oxygen atoms in total. The number of guanidine groups is 1. The Morgan fingerprint density at radius 2 is 2.04 bits per heavy atom. The maximum atomic E-state index is 12.9. The van der Waals surface area contributed by atoms with Crippen molar-refractivity contribution in [1.82, 2.24) is 10.2 Å². The van der Waals surface area contributed by atoms with E-state index in [1.807, 2.05) is 0 Å². The summed E-state index contributed by atoms with van der Waals surface area (Å²) >= 11 is 0. The third kappa shape index (κ3) is 3.66. The van der Waals surface area contributed by atoms with Gasteiger partial charge in [-0.2, -0.15) is 0 Å². The van der Waals surface area contributed by atoms with Crippen LogP contribution >= 0.6 is 0 Å². The molecule has 2 aliphatic carbocycles. The molecular formula is C19H32N4O. The standard InChI is InChI=1S/C19H32N4O/c1-23-17(24)19(22-18(23)21,11-10-14-6-3-2-4-7-14)13-15-8-5-9-16(20)12-15/h12,14,16H,2-11,13,20H2,1H3,(H2,21,22)/t16-,19+/m0/s1. The molecule has 5 heteroatoms. The molecule has 3 rings (SSSR count). The van der Waals surface area contributed by atoms with Crippen LogP contribution in [0.15, 0.2) is 11.6 Å². The molecule has 0 bridgehead atoms. The molecular weight excluding hydrogens is 300 g/mol. The van der Waals surface area contributed by atoms with Gasteiger partial charge in [0, 0.05) is 19.5 Å². The fraction of sp³-hybridized carbons (Fsp3) is 0.789. The second-order valence-electron chi connectivity index (χ2n) is 8.02. The summed E-state index contributed by atoms with van der Waals surface area (Å²) < 4.78 is 0. The molecule has 134 valence electrons. The van der Waals surface area contributed by atoms with E-state index < -0.39 is 5.54 Å². The number of nitrogens with zero attached hydrogens (tertiary/aromatic N) is 1. The smallest absolute Gasteiger partial charge is 0.255 e. The number of hydrogen-bond acceptors (Lipinski definition) is 3. The number of nitrogens with two attached hydrogens (primary N) is 1. The zero-order chi connectivity index (χ0) is 17.2. The molecule has 1 saturated carbocycles. The van der Waals surface area contributed by atoms with Crippen LogP contribution in [-0.4, -0.2) is 35.4 Å². The summed E-state index contributed by atoms with van der Waals surface area (Å²) in [6.45, 7) is 0. The summed E-state index contributed by atoms with van der Waals surface area (Å²) in [6.07, 6.45) is 14.6. The van der Waals surface area contributed by atoms with Gasteiger partial charge in [-0.15, -0.1) is 0 Å². The van der Waals surface area contributed by atoms with Gasteiger partial charge in [0.2, 0.25) is 0 Å². The number of rotatable bonds is 5. The highest BCUT2D eigenvalue weighted by Gasteiger charge is 2.48. The SMILES string of the molecule is CN1C(=N)N[C@](CCC2CCCCC2)(CC2=C[C@@H](N)CCC2)C1=O. The first kappa shape index (κ1) is 17.5. The molecule has 0 radical (unpaired) electrons. The van der Waals surface area contributed by atoms with Gasteiger partial charge >= 0.3 is 0 Å². The summed E-state index contributed by atoms with van der Waals surface area (Å²) in [5.74, 6) is 1.04. The van der Waals surface area contributed by atoms with E-state index >= 15 is 0 Å². The van der Waals surface area contributed by atoms with Crippen LogP contribution in [0.2, 0.25) is 0 Å². The highest BCUT2D eigenvalue weighted by molar-refractivity contribution is 6.07. The lowest BCUT2D eigenvalue weighted by Crippen LogP contribution is -2.48. The lowest BCUT2D eigenvalue weighted by molar-refractivity contribution is -0.130. The second-order valence-corrected chi connectivity index (χ2v) is 8.02. The van der Waals surface area contributed by atoms with E-state index in [0.29, 0.717) is 6.42 Å². The van der Waals surface area contributed by atoms with Crippen LogP contribution in [0.25, 0.3) is 0 Å². The van der Waals surface area contributed by atoms with Gasteiger partial charge < -0.3 is 11.1 Å². The van der Waals surface area contributed by atoms with E-state index in [0.717, 1.165) is 38.0 Å². The molecule has 4 N–H and O–H groups in total. The first-order chi connectivity index (χ1) is 11.5.